The van der Waals surface area contributed by atoms with Gasteiger partial charge in [0.1, 0.15) is 0 Å². The quantitative estimate of drug-likeness (QED) is 0.670. The lowest BCUT2D eigenvalue weighted by atomic mass is 10.2. The van der Waals surface area contributed by atoms with Gasteiger partial charge in [0.05, 0.1) is 6.54 Å². The van der Waals surface area contributed by atoms with Crippen molar-refractivity contribution in [3.8, 4) is 0 Å². The van der Waals surface area contributed by atoms with Crippen molar-refractivity contribution in [2.75, 3.05) is 26.7 Å². The van der Waals surface area contributed by atoms with E-state index in [2.05, 4.69) is 15.5 Å². The molecule has 0 aromatic rings. The predicted molar refractivity (Wildman–Crippen MR) is 59.7 cm³/mol. The number of carbonyl (C=O) groups excluding carboxylic acids is 1. The number of hydrogen-bond donors (Lipinski definition) is 2. The first-order valence-electron chi connectivity index (χ1n) is 5.97. The number of nitrogens with one attached hydrogen (secondary N) is 2. The lowest BCUT2D eigenvalue weighted by Crippen LogP contribution is -2.43. The summed E-state index contributed by atoms with van der Waals surface area (Å²) >= 11 is 0. The molecule has 1 aliphatic carbocycles. The third-order valence-corrected chi connectivity index (χ3v) is 3.31. The average molecular weight is 211 g/mol. The predicted octanol–water partition coefficient (Wildman–Crippen LogP) is -0.0512. The lowest BCUT2D eigenvalue weighted by molar-refractivity contribution is -0.122. The highest BCUT2D eigenvalue weighted by atomic mass is 16.1. The molecular formula is C11H21N3O. The van der Waals surface area contributed by atoms with Gasteiger partial charge in [-0.1, -0.05) is 0 Å². The monoisotopic (exact) mass is 211 g/mol. The van der Waals surface area contributed by atoms with Crippen LogP contribution in [0.3, 0.4) is 0 Å². The van der Waals surface area contributed by atoms with Crippen LogP contribution in [-0.2, 0) is 4.79 Å². The molecule has 1 heterocycles. The smallest absolute Gasteiger partial charge is 0.233 e. The standard InChI is InChI=1S/C11H21N3O/c1-12-11(15)8-14(10-4-5-10)7-9-3-2-6-13-9/h9-10,13H,2-8H2,1H3,(H,12,15). The first-order chi connectivity index (χ1) is 7.29. The van der Waals surface area contributed by atoms with Crippen molar-refractivity contribution in [3.63, 3.8) is 0 Å². The second-order valence-corrected chi connectivity index (χ2v) is 4.63. The fourth-order valence-corrected chi connectivity index (χ4v) is 2.24. The molecule has 1 saturated carbocycles. The van der Waals surface area contributed by atoms with E-state index in [1.807, 2.05) is 0 Å². The summed E-state index contributed by atoms with van der Waals surface area (Å²) in [7, 11) is 1.71. The Hall–Kier alpha value is -0.610. The minimum absolute atomic E-state index is 0.139. The van der Waals surface area contributed by atoms with Crippen molar-refractivity contribution >= 4 is 5.91 Å². The maximum absolute atomic E-state index is 11.4. The summed E-state index contributed by atoms with van der Waals surface area (Å²) in [6.07, 6.45) is 5.08. The Morgan fingerprint density at radius 1 is 1.47 bits per heavy atom. The zero-order valence-corrected chi connectivity index (χ0v) is 9.46. The number of nitrogens with zero attached hydrogens (tertiary/aromatic N) is 1. The fraction of sp³-hybridized carbons (Fsp3) is 0.909. The van der Waals surface area contributed by atoms with E-state index in [0.717, 1.165) is 13.1 Å². The number of carbonyl (C=O) groups is 1. The zero-order chi connectivity index (χ0) is 10.7. The molecule has 0 aromatic heterocycles. The van der Waals surface area contributed by atoms with Crippen LogP contribution in [0.4, 0.5) is 0 Å². The van der Waals surface area contributed by atoms with Crippen LogP contribution >= 0.6 is 0 Å². The first kappa shape index (κ1) is 10.9. The number of amides is 1. The Bertz CT molecular complexity index is 222. The molecule has 2 N–H and O–H groups in total. The summed E-state index contributed by atoms with van der Waals surface area (Å²) in [6, 6.07) is 1.28. The van der Waals surface area contributed by atoms with Crippen LogP contribution in [0.5, 0.6) is 0 Å². The molecule has 0 spiro atoms. The van der Waals surface area contributed by atoms with Gasteiger partial charge in [-0.15, -0.1) is 0 Å². The van der Waals surface area contributed by atoms with E-state index < -0.39 is 0 Å². The van der Waals surface area contributed by atoms with E-state index in [1.165, 1.54) is 25.7 Å². The molecule has 15 heavy (non-hydrogen) atoms. The van der Waals surface area contributed by atoms with E-state index in [9.17, 15) is 4.79 Å². The maximum Gasteiger partial charge on any atom is 0.233 e. The molecule has 4 nitrogen and oxygen atoms in total. The number of likely N-dealkylation sites (N-methyl/N-ethyl adjacent to an activating group) is 1. The third kappa shape index (κ3) is 3.18. The van der Waals surface area contributed by atoms with Gasteiger partial charge in [0.2, 0.25) is 5.91 Å². The largest absolute Gasteiger partial charge is 0.358 e. The van der Waals surface area contributed by atoms with Gasteiger partial charge in [-0.25, -0.2) is 0 Å². The van der Waals surface area contributed by atoms with Gasteiger partial charge in [0, 0.05) is 25.7 Å². The summed E-state index contributed by atoms with van der Waals surface area (Å²) in [4.78, 5) is 13.7. The minimum Gasteiger partial charge on any atom is -0.358 e. The minimum atomic E-state index is 0.139. The van der Waals surface area contributed by atoms with Crippen LogP contribution in [0.1, 0.15) is 25.7 Å². The molecule has 0 bridgehead atoms. The van der Waals surface area contributed by atoms with Crippen LogP contribution in [0.2, 0.25) is 0 Å². The van der Waals surface area contributed by atoms with Crippen LogP contribution in [0, 0.1) is 0 Å². The molecule has 2 rings (SSSR count). The molecule has 0 radical (unpaired) electrons. The Morgan fingerprint density at radius 3 is 2.80 bits per heavy atom. The van der Waals surface area contributed by atoms with Gasteiger partial charge >= 0.3 is 0 Å². The van der Waals surface area contributed by atoms with Gasteiger partial charge in [-0.05, 0) is 32.2 Å². The molecule has 0 aromatic carbocycles. The highest BCUT2D eigenvalue weighted by Crippen LogP contribution is 2.27. The van der Waals surface area contributed by atoms with Crippen LogP contribution < -0.4 is 10.6 Å². The summed E-state index contributed by atoms with van der Waals surface area (Å²) in [5, 5.41) is 6.19. The van der Waals surface area contributed by atoms with Crippen molar-refractivity contribution in [2.45, 2.75) is 37.8 Å². The summed E-state index contributed by atoms with van der Waals surface area (Å²) < 4.78 is 0. The van der Waals surface area contributed by atoms with E-state index in [0.29, 0.717) is 18.6 Å². The Balaban J connectivity index is 1.79. The summed E-state index contributed by atoms with van der Waals surface area (Å²) in [5.74, 6) is 0.139. The second-order valence-electron chi connectivity index (χ2n) is 4.63. The van der Waals surface area contributed by atoms with Crippen LogP contribution in [-0.4, -0.2) is 49.6 Å². The summed E-state index contributed by atoms with van der Waals surface area (Å²) in [5.41, 5.74) is 0. The third-order valence-electron chi connectivity index (χ3n) is 3.31. The van der Waals surface area contributed by atoms with Crippen molar-refractivity contribution in [1.82, 2.24) is 15.5 Å². The molecule has 4 heteroatoms. The van der Waals surface area contributed by atoms with Crippen LogP contribution in [0.15, 0.2) is 0 Å². The zero-order valence-electron chi connectivity index (χ0n) is 9.46. The molecule has 1 unspecified atom stereocenters. The normalized spacial score (nSPS) is 25.9. The molecule has 1 aliphatic heterocycles. The Labute approximate surface area is 91.4 Å². The second kappa shape index (κ2) is 4.94. The van der Waals surface area contributed by atoms with Crippen LogP contribution in [0.25, 0.3) is 0 Å². The highest BCUT2D eigenvalue weighted by molar-refractivity contribution is 5.77. The maximum atomic E-state index is 11.4. The SMILES string of the molecule is CNC(=O)CN(CC1CCCN1)C1CC1. The van der Waals surface area contributed by atoms with Crippen molar-refractivity contribution in [1.29, 1.82) is 0 Å². The molecule has 1 saturated heterocycles. The molecule has 2 aliphatic rings. The van der Waals surface area contributed by atoms with Gasteiger partial charge in [-0.2, -0.15) is 0 Å². The van der Waals surface area contributed by atoms with Gasteiger partial charge < -0.3 is 10.6 Å². The van der Waals surface area contributed by atoms with Crippen molar-refractivity contribution in [2.24, 2.45) is 0 Å². The van der Waals surface area contributed by atoms with Gasteiger partial charge in [0.15, 0.2) is 0 Å². The van der Waals surface area contributed by atoms with Crippen molar-refractivity contribution in [3.05, 3.63) is 0 Å². The summed E-state index contributed by atoms with van der Waals surface area (Å²) in [6.45, 7) is 2.75. The molecule has 1 amide bonds. The number of hydrogen-bond acceptors (Lipinski definition) is 3. The van der Waals surface area contributed by atoms with E-state index in [-0.39, 0.29) is 5.91 Å². The lowest BCUT2D eigenvalue weighted by Gasteiger charge is -2.24. The molecular weight excluding hydrogens is 190 g/mol. The van der Waals surface area contributed by atoms with E-state index >= 15 is 0 Å². The Kier molecular flexibility index (Phi) is 3.59. The van der Waals surface area contributed by atoms with Crippen molar-refractivity contribution < 1.29 is 4.79 Å². The first-order valence-corrected chi connectivity index (χ1v) is 5.97. The van der Waals surface area contributed by atoms with E-state index in [4.69, 9.17) is 0 Å². The molecule has 1 atom stereocenters. The number of rotatable bonds is 5. The fourth-order valence-electron chi connectivity index (χ4n) is 2.24. The Morgan fingerprint density at radius 2 is 2.27 bits per heavy atom. The topological polar surface area (TPSA) is 44.4 Å². The average Bonchev–Trinajstić information content (AvgIpc) is 2.97. The van der Waals surface area contributed by atoms with Gasteiger partial charge in [-0.3, -0.25) is 9.69 Å². The van der Waals surface area contributed by atoms with E-state index in [1.54, 1.807) is 7.05 Å². The molecule has 86 valence electrons. The van der Waals surface area contributed by atoms with Gasteiger partial charge in [0.25, 0.3) is 0 Å². The highest BCUT2D eigenvalue weighted by Gasteiger charge is 2.32. The molecule has 2 fully saturated rings.